The van der Waals surface area contributed by atoms with Gasteiger partial charge in [0.25, 0.3) is 0 Å². The van der Waals surface area contributed by atoms with E-state index in [1.807, 2.05) is 0 Å². The van der Waals surface area contributed by atoms with Crippen molar-refractivity contribution in [2.24, 2.45) is 0 Å². The summed E-state index contributed by atoms with van der Waals surface area (Å²) < 4.78 is 2.32. The molecule has 20 heavy (non-hydrogen) atoms. The highest BCUT2D eigenvalue weighted by Crippen LogP contribution is 2.37. The molecule has 0 radical (unpaired) electrons. The summed E-state index contributed by atoms with van der Waals surface area (Å²) in [6.45, 7) is 4.14. The number of rotatable bonds is 0. The largest absolute Gasteiger partial charge is 0.365 e. The van der Waals surface area contributed by atoms with Gasteiger partial charge in [0.05, 0.1) is 0 Å². The lowest BCUT2D eigenvalue weighted by molar-refractivity contribution is 0.793. The molecule has 2 aromatic carbocycles. The first kappa shape index (κ1) is 12.7. The molecule has 0 saturated carbocycles. The minimum atomic E-state index is 0.986. The highest BCUT2D eigenvalue weighted by atomic mass is 79.9. The first-order valence-electron chi connectivity index (χ1n) is 6.77. The Morgan fingerprint density at radius 2 is 1.15 bits per heavy atom. The number of halogens is 2. The van der Waals surface area contributed by atoms with Crippen LogP contribution in [0.2, 0.25) is 0 Å². The first-order valence-corrected chi connectivity index (χ1v) is 8.36. The Morgan fingerprint density at radius 3 is 1.60 bits per heavy atom. The third kappa shape index (κ3) is 2.06. The number of benzene rings is 2. The third-order valence-corrected chi connectivity index (χ3v) is 5.11. The number of fused-ring (bicyclic) bond motifs is 7. The van der Waals surface area contributed by atoms with Crippen molar-refractivity contribution in [1.29, 1.82) is 0 Å². The van der Waals surface area contributed by atoms with Gasteiger partial charge in [-0.05, 0) is 47.5 Å². The van der Waals surface area contributed by atoms with Crippen LogP contribution in [-0.4, -0.2) is 13.1 Å². The number of hydrogen-bond acceptors (Lipinski definition) is 2. The maximum absolute atomic E-state index is 3.59. The van der Waals surface area contributed by atoms with Crippen molar-refractivity contribution in [3.63, 3.8) is 0 Å². The van der Waals surface area contributed by atoms with Gasteiger partial charge in [-0.1, -0.05) is 31.9 Å². The Balaban J connectivity index is 1.87. The molecule has 0 amide bonds. The zero-order chi connectivity index (χ0) is 13.7. The Morgan fingerprint density at radius 1 is 0.700 bits per heavy atom. The molecule has 0 spiro atoms. The van der Waals surface area contributed by atoms with Crippen LogP contribution < -0.4 is 9.80 Å². The summed E-state index contributed by atoms with van der Waals surface area (Å²) >= 11 is 7.19. The minimum absolute atomic E-state index is 0.986. The van der Waals surface area contributed by atoms with Crippen LogP contribution in [0.25, 0.3) is 0 Å². The maximum Gasteiger partial charge on any atom is 0.0451 e. The summed E-state index contributed by atoms with van der Waals surface area (Å²) in [4.78, 5) is 5.00. The average Bonchev–Trinajstić information content (AvgIpc) is 2.68. The van der Waals surface area contributed by atoms with E-state index in [0.29, 0.717) is 0 Å². The molecule has 2 aliphatic rings. The highest BCUT2D eigenvalue weighted by molar-refractivity contribution is 9.10. The predicted molar refractivity (Wildman–Crippen MR) is 90.4 cm³/mol. The van der Waals surface area contributed by atoms with Gasteiger partial charge in [-0.15, -0.1) is 0 Å². The van der Waals surface area contributed by atoms with Crippen molar-refractivity contribution in [3.05, 3.63) is 56.5 Å². The maximum atomic E-state index is 3.59. The molecule has 0 fully saturated rings. The summed E-state index contributed by atoms with van der Waals surface area (Å²) in [6, 6.07) is 13.3. The Bertz CT molecular complexity index is 625. The van der Waals surface area contributed by atoms with E-state index in [0.717, 1.165) is 35.1 Å². The normalized spacial score (nSPS) is 16.5. The molecule has 0 N–H and O–H groups in total. The molecule has 0 atom stereocenters. The first-order chi connectivity index (χ1) is 9.70. The minimum Gasteiger partial charge on any atom is -0.365 e. The average molecular weight is 394 g/mol. The molecule has 2 aromatic rings. The zero-order valence-corrected chi connectivity index (χ0v) is 14.1. The summed E-state index contributed by atoms with van der Waals surface area (Å²) in [6.07, 6.45) is 0. The van der Waals surface area contributed by atoms with Crippen LogP contribution in [0.5, 0.6) is 0 Å². The fourth-order valence-electron chi connectivity index (χ4n) is 3.20. The van der Waals surface area contributed by atoms with Crippen molar-refractivity contribution in [2.45, 2.75) is 13.1 Å². The molecule has 4 rings (SSSR count). The molecular weight excluding hydrogens is 380 g/mol. The van der Waals surface area contributed by atoms with Gasteiger partial charge in [0.1, 0.15) is 0 Å². The second kappa shape index (κ2) is 4.78. The van der Waals surface area contributed by atoms with Crippen LogP contribution in [0.3, 0.4) is 0 Å². The van der Waals surface area contributed by atoms with Gasteiger partial charge in [-0.25, -0.2) is 0 Å². The van der Waals surface area contributed by atoms with Crippen molar-refractivity contribution in [3.8, 4) is 0 Å². The van der Waals surface area contributed by atoms with Gasteiger partial charge < -0.3 is 9.80 Å². The van der Waals surface area contributed by atoms with E-state index in [-0.39, 0.29) is 0 Å². The van der Waals surface area contributed by atoms with Gasteiger partial charge in [-0.3, -0.25) is 0 Å². The van der Waals surface area contributed by atoms with E-state index >= 15 is 0 Å². The zero-order valence-electron chi connectivity index (χ0n) is 10.9. The van der Waals surface area contributed by atoms with Crippen molar-refractivity contribution < 1.29 is 0 Å². The predicted octanol–water partition coefficient (Wildman–Crippen LogP) is 4.55. The Labute approximate surface area is 135 Å². The lowest BCUT2D eigenvalue weighted by atomic mass is 10.1. The van der Waals surface area contributed by atoms with E-state index in [9.17, 15) is 0 Å². The second-order valence-corrected chi connectivity index (χ2v) is 7.22. The third-order valence-electron chi connectivity index (χ3n) is 4.13. The van der Waals surface area contributed by atoms with E-state index in [1.54, 1.807) is 0 Å². The van der Waals surface area contributed by atoms with E-state index in [1.165, 1.54) is 22.5 Å². The lowest BCUT2D eigenvalue weighted by Crippen LogP contribution is -2.26. The van der Waals surface area contributed by atoms with Gasteiger partial charge in [-0.2, -0.15) is 0 Å². The molecule has 0 aliphatic carbocycles. The Hall–Kier alpha value is -1.000. The molecular formula is C16H14Br2N2. The van der Waals surface area contributed by atoms with Gasteiger partial charge >= 0.3 is 0 Å². The van der Waals surface area contributed by atoms with Gasteiger partial charge in [0, 0.05) is 46.5 Å². The van der Waals surface area contributed by atoms with Gasteiger partial charge in [0.15, 0.2) is 0 Å². The van der Waals surface area contributed by atoms with Crippen LogP contribution in [0.15, 0.2) is 45.3 Å². The molecule has 0 unspecified atom stereocenters. The molecule has 0 aromatic heterocycles. The number of anilines is 2. The van der Waals surface area contributed by atoms with E-state index in [2.05, 4.69) is 78.1 Å². The fraction of sp³-hybridized carbons (Fsp3) is 0.250. The molecule has 4 heteroatoms. The quantitative estimate of drug-likeness (QED) is 0.647. The van der Waals surface area contributed by atoms with E-state index < -0.39 is 0 Å². The fourth-order valence-corrected chi connectivity index (χ4v) is 4.02. The van der Waals surface area contributed by atoms with Crippen LogP contribution in [0.4, 0.5) is 11.4 Å². The molecule has 102 valence electrons. The smallest absolute Gasteiger partial charge is 0.0451 e. The molecule has 0 saturated heterocycles. The summed E-state index contributed by atoms with van der Waals surface area (Å²) in [7, 11) is 0. The molecule has 2 nitrogen and oxygen atoms in total. The van der Waals surface area contributed by atoms with Crippen LogP contribution in [0, 0.1) is 0 Å². The highest BCUT2D eigenvalue weighted by Gasteiger charge is 2.26. The van der Waals surface area contributed by atoms with Crippen molar-refractivity contribution in [1.82, 2.24) is 0 Å². The number of hydrogen-bond donors (Lipinski definition) is 0. The van der Waals surface area contributed by atoms with Crippen molar-refractivity contribution in [2.75, 3.05) is 22.9 Å². The molecule has 2 heterocycles. The number of nitrogens with zero attached hydrogens (tertiary/aromatic N) is 2. The van der Waals surface area contributed by atoms with Crippen LogP contribution in [0.1, 0.15) is 11.1 Å². The lowest BCUT2D eigenvalue weighted by Gasteiger charge is -2.28. The monoisotopic (exact) mass is 392 g/mol. The standard InChI is InChI=1S/C16H14Br2N2/c17-13-1-3-15-11(7-13)9-20-6-5-19(15)10-12-8-14(18)2-4-16(12)20/h1-4,7-8H,5-6,9-10H2. The second-order valence-electron chi connectivity index (χ2n) is 5.39. The van der Waals surface area contributed by atoms with Gasteiger partial charge in [0.2, 0.25) is 0 Å². The summed E-state index contributed by atoms with van der Waals surface area (Å²) in [5.74, 6) is 0. The van der Waals surface area contributed by atoms with Crippen LogP contribution >= 0.6 is 31.9 Å². The summed E-state index contributed by atoms with van der Waals surface area (Å²) in [5.41, 5.74) is 5.57. The molecule has 2 aliphatic heterocycles. The van der Waals surface area contributed by atoms with Crippen molar-refractivity contribution >= 4 is 43.2 Å². The SMILES string of the molecule is Brc1ccc2c(c1)CN1CCN2Cc2cc(Br)ccc21. The van der Waals surface area contributed by atoms with Crippen LogP contribution in [-0.2, 0) is 13.1 Å². The topological polar surface area (TPSA) is 6.48 Å². The Kier molecular flexibility index (Phi) is 3.04. The molecule has 2 bridgehead atoms. The summed E-state index contributed by atoms with van der Waals surface area (Å²) in [5, 5.41) is 0. The van der Waals surface area contributed by atoms with E-state index in [4.69, 9.17) is 0 Å².